The van der Waals surface area contributed by atoms with Gasteiger partial charge in [-0.05, 0) is 22.0 Å². The van der Waals surface area contributed by atoms with Crippen LogP contribution < -0.4 is 10.5 Å². The minimum absolute atomic E-state index is 0.149. The zero-order valence-electron chi connectivity index (χ0n) is 11.9. The van der Waals surface area contributed by atoms with E-state index in [1.54, 1.807) is 13.2 Å². The van der Waals surface area contributed by atoms with E-state index in [-0.39, 0.29) is 5.41 Å². The van der Waals surface area contributed by atoms with Gasteiger partial charge in [-0.15, -0.1) is 0 Å². The van der Waals surface area contributed by atoms with Crippen molar-refractivity contribution in [3.8, 4) is 17.4 Å². The molecule has 0 saturated heterocycles. The van der Waals surface area contributed by atoms with Gasteiger partial charge in [0.05, 0.1) is 17.3 Å². The summed E-state index contributed by atoms with van der Waals surface area (Å²) in [5.41, 5.74) is 7.30. The SMILES string of the molecule is COc1cccc(-c2nc(N)c(Br)c(C(C)(C)C)n2)n1. The molecule has 0 aliphatic carbocycles. The van der Waals surface area contributed by atoms with Crippen molar-refractivity contribution in [3.05, 3.63) is 28.4 Å². The van der Waals surface area contributed by atoms with Crippen LogP contribution in [0.4, 0.5) is 5.82 Å². The van der Waals surface area contributed by atoms with Gasteiger partial charge >= 0.3 is 0 Å². The Bertz CT molecular complexity index is 638. The third kappa shape index (κ3) is 2.90. The van der Waals surface area contributed by atoms with Crippen molar-refractivity contribution >= 4 is 21.7 Å². The summed E-state index contributed by atoms with van der Waals surface area (Å²) in [5.74, 6) is 1.42. The molecule has 20 heavy (non-hydrogen) atoms. The zero-order chi connectivity index (χ0) is 14.9. The topological polar surface area (TPSA) is 73.9 Å². The Labute approximate surface area is 126 Å². The van der Waals surface area contributed by atoms with Gasteiger partial charge in [0.2, 0.25) is 5.88 Å². The molecule has 0 spiro atoms. The number of halogens is 1. The average molecular weight is 337 g/mol. The summed E-state index contributed by atoms with van der Waals surface area (Å²) in [6.45, 7) is 6.22. The molecular weight excluding hydrogens is 320 g/mol. The first-order valence-electron chi connectivity index (χ1n) is 6.18. The Kier molecular flexibility index (Phi) is 3.94. The Morgan fingerprint density at radius 3 is 2.45 bits per heavy atom. The van der Waals surface area contributed by atoms with Crippen molar-refractivity contribution < 1.29 is 4.74 Å². The maximum Gasteiger partial charge on any atom is 0.213 e. The molecule has 0 aliphatic heterocycles. The highest BCUT2D eigenvalue weighted by atomic mass is 79.9. The van der Waals surface area contributed by atoms with Crippen LogP contribution >= 0.6 is 15.9 Å². The summed E-state index contributed by atoms with van der Waals surface area (Å²) < 4.78 is 5.85. The van der Waals surface area contributed by atoms with Crippen LogP contribution in [-0.2, 0) is 5.41 Å². The fourth-order valence-corrected chi connectivity index (χ4v) is 2.50. The first kappa shape index (κ1) is 14.7. The van der Waals surface area contributed by atoms with E-state index in [0.717, 1.165) is 10.2 Å². The molecule has 0 amide bonds. The molecule has 2 rings (SSSR count). The number of nitrogens with zero attached hydrogens (tertiary/aromatic N) is 3. The second-order valence-electron chi connectivity index (χ2n) is 5.41. The van der Waals surface area contributed by atoms with E-state index in [9.17, 15) is 0 Å². The number of nitrogens with two attached hydrogens (primary N) is 1. The monoisotopic (exact) mass is 336 g/mol. The van der Waals surface area contributed by atoms with E-state index in [1.807, 2.05) is 12.1 Å². The highest BCUT2D eigenvalue weighted by Gasteiger charge is 2.23. The molecule has 2 aromatic rings. The van der Waals surface area contributed by atoms with Crippen LogP contribution in [-0.4, -0.2) is 22.1 Å². The molecule has 0 radical (unpaired) electrons. The molecule has 0 aromatic carbocycles. The summed E-state index contributed by atoms with van der Waals surface area (Å²) in [4.78, 5) is 13.2. The lowest BCUT2D eigenvalue weighted by molar-refractivity contribution is 0.398. The molecule has 0 saturated carbocycles. The molecule has 0 atom stereocenters. The van der Waals surface area contributed by atoms with Gasteiger partial charge in [-0.2, -0.15) is 0 Å². The largest absolute Gasteiger partial charge is 0.481 e. The quantitative estimate of drug-likeness (QED) is 0.911. The first-order valence-corrected chi connectivity index (χ1v) is 6.97. The summed E-state index contributed by atoms with van der Waals surface area (Å²) in [6, 6.07) is 5.45. The van der Waals surface area contributed by atoms with Crippen molar-refractivity contribution in [2.75, 3.05) is 12.8 Å². The number of pyridine rings is 1. The van der Waals surface area contributed by atoms with Gasteiger partial charge in [0.25, 0.3) is 0 Å². The minimum atomic E-state index is -0.149. The van der Waals surface area contributed by atoms with Crippen LogP contribution in [0.15, 0.2) is 22.7 Å². The van der Waals surface area contributed by atoms with Crippen LogP contribution in [0.25, 0.3) is 11.5 Å². The molecule has 0 aliphatic rings. The van der Waals surface area contributed by atoms with E-state index in [2.05, 4.69) is 51.7 Å². The Morgan fingerprint density at radius 2 is 1.85 bits per heavy atom. The third-order valence-electron chi connectivity index (χ3n) is 2.75. The number of rotatable bonds is 2. The predicted molar refractivity (Wildman–Crippen MR) is 82.6 cm³/mol. The van der Waals surface area contributed by atoms with Gasteiger partial charge < -0.3 is 10.5 Å². The van der Waals surface area contributed by atoms with Crippen molar-refractivity contribution in [3.63, 3.8) is 0 Å². The van der Waals surface area contributed by atoms with Gasteiger partial charge in [-0.25, -0.2) is 15.0 Å². The number of hydrogen-bond donors (Lipinski definition) is 1. The summed E-state index contributed by atoms with van der Waals surface area (Å²) in [5, 5.41) is 0. The highest BCUT2D eigenvalue weighted by Crippen LogP contribution is 2.32. The van der Waals surface area contributed by atoms with Crippen LogP contribution in [0.5, 0.6) is 5.88 Å². The lowest BCUT2D eigenvalue weighted by Gasteiger charge is -2.20. The van der Waals surface area contributed by atoms with Crippen LogP contribution in [0, 0.1) is 0 Å². The second-order valence-corrected chi connectivity index (χ2v) is 6.20. The van der Waals surface area contributed by atoms with Gasteiger partial charge in [-0.1, -0.05) is 26.8 Å². The normalized spacial score (nSPS) is 11.4. The second kappa shape index (κ2) is 5.36. The number of aromatic nitrogens is 3. The van der Waals surface area contributed by atoms with Crippen molar-refractivity contribution in [2.45, 2.75) is 26.2 Å². The average Bonchev–Trinajstić information content (AvgIpc) is 2.40. The van der Waals surface area contributed by atoms with Gasteiger partial charge in [-0.3, -0.25) is 0 Å². The zero-order valence-corrected chi connectivity index (χ0v) is 13.5. The minimum Gasteiger partial charge on any atom is -0.481 e. The first-order chi connectivity index (χ1) is 9.32. The lowest BCUT2D eigenvalue weighted by Crippen LogP contribution is -2.17. The fourth-order valence-electron chi connectivity index (χ4n) is 1.73. The molecule has 5 nitrogen and oxygen atoms in total. The van der Waals surface area contributed by atoms with E-state index in [4.69, 9.17) is 10.5 Å². The smallest absolute Gasteiger partial charge is 0.213 e. The molecule has 0 bridgehead atoms. The molecular formula is C14H17BrN4O. The molecule has 106 valence electrons. The lowest BCUT2D eigenvalue weighted by atomic mass is 9.92. The predicted octanol–water partition coefficient (Wildman–Crippen LogP) is 3.19. The van der Waals surface area contributed by atoms with Gasteiger partial charge in [0, 0.05) is 11.5 Å². The summed E-state index contributed by atoms with van der Waals surface area (Å²) >= 11 is 3.46. The third-order valence-corrected chi connectivity index (χ3v) is 3.53. The van der Waals surface area contributed by atoms with E-state index in [1.165, 1.54) is 0 Å². The number of nitrogen functional groups attached to an aromatic ring is 1. The number of methoxy groups -OCH3 is 1. The van der Waals surface area contributed by atoms with Crippen molar-refractivity contribution in [1.29, 1.82) is 0 Å². The molecule has 2 N–H and O–H groups in total. The molecule has 6 heteroatoms. The number of anilines is 1. The molecule has 0 fully saturated rings. The van der Waals surface area contributed by atoms with E-state index >= 15 is 0 Å². The van der Waals surface area contributed by atoms with Gasteiger partial charge in [0.15, 0.2) is 5.82 Å². The van der Waals surface area contributed by atoms with E-state index in [0.29, 0.717) is 23.2 Å². The molecule has 2 aromatic heterocycles. The van der Waals surface area contributed by atoms with Crippen LogP contribution in [0.3, 0.4) is 0 Å². The number of ether oxygens (including phenoxy) is 1. The van der Waals surface area contributed by atoms with E-state index < -0.39 is 0 Å². The standard InChI is InChI=1S/C14H17BrN4O/c1-14(2,3)11-10(15)12(16)19-13(18-11)8-6-5-7-9(17-8)20-4/h5-7H,1-4H3,(H2,16,18,19). The Hall–Kier alpha value is -1.69. The maximum atomic E-state index is 5.97. The van der Waals surface area contributed by atoms with Crippen molar-refractivity contribution in [1.82, 2.24) is 15.0 Å². The van der Waals surface area contributed by atoms with Crippen LogP contribution in [0.1, 0.15) is 26.5 Å². The Morgan fingerprint density at radius 1 is 1.15 bits per heavy atom. The van der Waals surface area contributed by atoms with Gasteiger partial charge in [0.1, 0.15) is 11.5 Å². The number of hydrogen-bond acceptors (Lipinski definition) is 5. The van der Waals surface area contributed by atoms with Crippen molar-refractivity contribution in [2.24, 2.45) is 0 Å². The Balaban J connectivity index is 2.60. The summed E-state index contributed by atoms with van der Waals surface area (Å²) in [6.07, 6.45) is 0. The maximum absolute atomic E-state index is 5.97. The highest BCUT2D eigenvalue weighted by molar-refractivity contribution is 9.10. The molecule has 2 heterocycles. The summed E-state index contributed by atoms with van der Waals surface area (Å²) in [7, 11) is 1.57. The fraction of sp³-hybridized carbons (Fsp3) is 0.357. The molecule has 0 unspecified atom stereocenters. The van der Waals surface area contributed by atoms with Crippen LogP contribution in [0.2, 0.25) is 0 Å².